The van der Waals surface area contributed by atoms with Gasteiger partial charge in [-0.05, 0) is 32.4 Å². The van der Waals surface area contributed by atoms with E-state index in [0.29, 0.717) is 12.1 Å². The van der Waals surface area contributed by atoms with E-state index in [1.54, 1.807) is 12.1 Å². The molecular weight excluding hydrogens is 302 g/mol. The molecule has 7 heteroatoms. The lowest BCUT2D eigenvalue weighted by Crippen LogP contribution is -2.64. The number of carbonyl (C=O) groups is 1. The zero-order valence-corrected chi connectivity index (χ0v) is 13.4. The monoisotopic (exact) mass is 326 g/mol. The molecule has 1 fully saturated rings. The van der Waals surface area contributed by atoms with Gasteiger partial charge in [0.2, 0.25) is 5.91 Å². The van der Waals surface area contributed by atoms with Crippen molar-refractivity contribution in [2.75, 3.05) is 11.9 Å². The summed E-state index contributed by atoms with van der Waals surface area (Å²) in [4.78, 5) is 12.5. The Bertz CT molecular complexity index is 523. The molecule has 128 valence electrons. The lowest BCUT2D eigenvalue weighted by Gasteiger charge is -2.39. The highest BCUT2D eigenvalue weighted by atomic mass is 19.3. The summed E-state index contributed by atoms with van der Waals surface area (Å²) in [5.74, 6) is -0.927. The first-order valence-corrected chi connectivity index (χ1v) is 7.78. The molecule has 0 radical (unpaired) electrons. The van der Waals surface area contributed by atoms with E-state index in [-0.39, 0.29) is 18.5 Å². The molecule has 1 aliphatic heterocycles. The normalized spacial score (nSPS) is 26.1. The van der Waals surface area contributed by atoms with Crippen LogP contribution < -0.4 is 21.7 Å². The van der Waals surface area contributed by atoms with Crippen molar-refractivity contribution in [3.63, 3.8) is 0 Å². The van der Waals surface area contributed by atoms with E-state index in [1.165, 1.54) is 0 Å². The topological polar surface area (TPSA) is 79.2 Å². The average Bonchev–Trinajstić information content (AvgIpc) is 2.49. The van der Waals surface area contributed by atoms with Crippen LogP contribution >= 0.6 is 0 Å². The lowest BCUT2D eigenvalue weighted by atomic mass is 9.97. The molecule has 0 saturated carbocycles. The quantitative estimate of drug-likeness (QED) is 0.660. The van der Waals surface area contributed by atoms with Crippen molar-refractivity contribution in [3.8, 4) is 0 Å². The number of anilines is 1. The van der Waals surface area contributed by atoms with Crippen LogP contribution in [0.15, 0.2) is 24.3 Å². The van der Waals surface area contributed by atoms with Crippen molar-refractivity contribution < 1.29 is 13.6 Å². The Hall–Kier alpha value is -1.57. The third kappa shape index (κ3) is 4.70. The summed E-state index contributed by atoms with van der Waals surface area (Å²) in [6.45, 7) is 3.84. The van der Waals surface area contributed by atoms with Crippen molar-refractivity contribution in [1.82, 2.24) is 10.6 Å². The predicted molar refractivity (Wildman–Crippen MR) is 86.3 cm³/mol. The van der Waals surface area contributed by atoms with Gasteiger partial charge in [0.05, 0.1) is 18.1 Å². The molecule has 0 aromatic heterocycles. The lowest BCUT2D eigenvalue weighted by molar-refractivity contribution is -0.121. The molecule has 4 unspecified atom stereocenters. The molecule has 1 aromatic carbocycles. The van der Waals surface area contributed by atoms with Crippen LogP contribution in [0.3, 0.4) is 0 Å². The van der Waals surface area contributed by atoms with Gasteiger partial charge in [0.15, 0.2) is 0 Å². The van der Waals surface area contributed by atoms with Crippen molar-refractivity contribution in [2.24, 2.45) is 11.7 Å². The minimum atomic E-state index is -2.47. The number of nitrogens with two attached hydrogens (primary N) is 1. The highest BCUT2D eigenvalue weighted by molar-refractivity contribution is 5.93. The number of hydrogen-bond donors (Lipinski definition) is 4. The van der Waals surface area contributed by atoms with Crippen molar-refractivity contribution in [2.45, 2.75) is 44.9 Å². The molecule has 1 amide bonds. The number of aryl methyl sites for hydroxylation is 1. The van der Waals surface area contributed by atoms with Crippen LogP contribution in [-0.2, 0) is 4.79 Å². The second-order valence-corrected chi connectivity index (χ2v) is 6.09. The number of hydrogen-bond acceptors (Lipinski definition) is 4. The summed E-state index contributed by atoms with van der Waals surface area (Å²) in [6, 6.07) is 6.33. The second kappa shape index (κ2) is 7.81. The Morgan fingerprint density at radius 2 is 2.00 bits per heavy atom. The zero-order chi connectivity index (χ0) is 17.0. The van der Waals surface area contributed by atoms with Crippen LogP contribution in [0.4, 0.5) is 14.5 Å². The van der Waals surface area contributed by atoms with Gasteiger partial charge in [-0.2, -0.15) is 0 Å². The first-order chi connectivity index (χ1) is 10.9. The number of rotatable bonds is 5. The highest BCUT2D eigenvalue weighted by Crippen LogP contribution is 2.18. The molecule has 1 heterocycles. The molecule has 4 atom stereocenters. The van der Waals surface area contributed by atoms with Gasteiger partial charge in [0.1, 0.15) is 0 Å². The van der Waals surface area contributed by atoms with E-state index < -0.39 is 24.6 Å². The second-order valence-electron chi connectivity index (χ2n) is 6.09. The molecule has 0 spiro atoms. The van der Waals surface area contributed by atoms with E-state index in [9.17, 15) is 13.6 Å². The summed E-state index contributed by atoms with van der Waals surface area (Å²) < 4.78 is 26.0. The van der Waals surface area contributed by atoms with Crippen molar-refractivity contribution >= 4 is 11.6 Å². The van der Waals surface area contributed by atoms with Crippen LogP contribution in [0.2, 0.25) is 0 Å². The zero-order valence-electron chi connectivity index (χ0n) is 13.4. The Morgan fingerprint density at radius 1 is 1.35 bits per heavy atom. The van der Waals surface area contributed by atoms with Crippen LogP contribution in [0.5, 0.6) is 0 Å². The van der Waals surface area contributed by atoms with Gasteiger partial charge in [-0.15, -0.1) is 0 Å². The van der Waals surface area contributed by atoms with Crippen LogP contribution in [0.1, 0.15) is 18.9 Å². The Morgan fingerprint density at radius 3 is 2.57 bits per heavy atom. The van der Waals surface area contributed by atoms with Gasteiger partial charge in [-0.3, -0.25) is 15.4 Å². The molecule has 5 nitrogen and oxygen atoms in total. The van der Waals surface area contributed by atoms with Crippen LogP contribution in [-0.4, -0.2) is 37.1 Å². The Labute approximate surface area is 135 Å². The van der Waals surface area contributed by atoms with Crippen LogP contribution in [0, 0.1) is 12.8 Å². The van der Waals surface area contributed by atoms with Gasteiger partial charge in [0.25, 0.3) is 6.43 Å². The fraction of sp³-hybridized carbons (Fsp3) is 0.562. The number of carbonyl (C=O) groups excluding carboxylic acids is 1. The highest BCUT2D eigenvalue weighted by Gasteiger charge is 2.36. The Kier molecular flexibility index (Phi) is 6.04. The third-order valence-corrected chi connectivity index (χ3v) is 4.08. The molecule has 23 heavy (non-hydrogen) atoms. The molecule has 0 bridgehead atoms. The molecule has 1 aliphatic rings. The molecule has 5 N–H and O–H groups in total. The first kappa shape index (κ1) is 17.8. The van der Waals surface area contributed by atoms with Gasteiger partial charge in [-0.1, -0.05) is 17.7 Å². The fourth-order valence-corrected chi connectivity index (χ4v) is 2.78. The maximum atomic E-state index is 13.0. The summed E-state index contributed by atoms with van der Waals surface area (Å²) >= 11 is 0. The molecule has 1 aromatic rings. The molecule has 2 rings (SSSR count). The summed E-state index contributed by atoms with van der Waals surface area (Å²) in [5.41, 5.74) is 7.47. The third-order valence-electron chi connectivity index (χ3n) is 4.08. The number of halogens is 2. The molecular formula is C16H24F2N4O. The van der Waals surface area contributed by atoms with Crippen LogP contribution in [0.25, 0.3) is 0 Å². The van der Waals surface area contributed by atoms with E-state index in [4.69, 9.17) is 5.73 Å². The Balaban J connectivity index is 2.05. The minimum Gasteiger partial charge on any atom is -0.330 e. The smallest absolute Gasteiger partial charge is 0.253 e. The fourth-order valence-electron chi connectivity index (χ4n) is 2.78. The summed E-state index contributed by atoms with van der Waals surface area (Å²) in [7, 11) is 0. The predicted octanol–water partition coefficient (Wildman–Crippen LogP) is 1.44. The molecule has 0 aliphatic carbocycles. The number of amides is 1. The van der Waals surface area contributed by atoms with Gasteiger partial charge < -0.3 is 11.1 Å². The maximum absolute atomic E-state index is 13.0. The average molecular weight is 326 g/mol. The van der Waals surface area contributed by atoms with Crippen molar-refractivity contribution in [1.29, 1.82) is 0 Å². The van der Waals surface area contributed by atoms with Gasteiger partial charge >= 0.3 is 0 Å². The van der Waals surface area contributed by atoms with Gasteiger partial charge in [0, 0.05) is 18.3 Å². The number of alkyl halides is 2. The maximum Gasteiger partial charge on any atom is 0.253 e. The van der Waals surface area contributed by atoms with Crippen molar-refractivity contribution in [3.05, 3.63) is 29.8 Å². The SMILES string of the molecule is Cc1ccc(NC(=O)C(CN)C2NC(C)CC(C(F)F)N2)cc1. The molecule has 1 saturated heterocycles. The number of nitrogens with one attached hydrogen (secondary N) is 3. The summed E-state index contributed by atoms with van der Waals surface area (Å²) in [6.07, 6.45) is -2.74. The minimum absolute atomic E-state index is 0.0606. The standard InChI is InChI=1S/C16H24F2N4O/c1-9-3-5-11(6-4-9)21-16(23)12(8-19)15-20-10(2)7-13(22-15)14(17)18/h3-6,10,12-15,20,22H,7-8,19H2,1-2H3,(H,21,23). The van der Waals surface area contributed by atoms with E-state index >= 15 is 0 Å². The van der Waals surface area contributed by atoms with E-state index in [2.05, 4.69) is 16.0 Å². The van der Waals surface area contributed by atoms with E-state index in [1.807, 2.05) is 26.0 Å². The van der Waals surface area contributed by atoms with E-state index in [0.717, 1.165) is 5.56 Å². The summed E-state index contributed by atoms with van der Waals surface area (Å²) in [5, 5.41) is 8.74. The number of benzene rings is 1. The van der Waals surface area contributed by atoms with Gasteiger partial charge in [-0.25, -0.2) is 8.78 Å². The largest absolute Gasteiger partial charge is 0.330 e. The first-order valence-electron chi connectivity index (χ1n) is 7.78.